The molecule has 1 aromatic heterocycles. The predicted molar refractivity (Wildman–Crippen MR) is 116 cm³/mol. The Morgan fingerprint density at radius 2 is 1.32 bits per heavy atom. The van der Waals surface area contributed by atoms with Crippen LogP contribution in [0.2, 0.25) is 0 Å². The summed E-state index contributed by atoms with van der Waals surface area (Å²) in [4.78, 5) is 0. The molecule has 0 unspecified atom stereocenters. The average molecular weight is 338 g/mol. The van der Waals surface area contributed by atoms with E-state index in [1.54, 1.807) is 0 Å². The molecule has 0 saturated carbocycles. The minimum Gasteiger partial charge on any atom is -0.314 e. The quantitative estimate of drug-likeness (QED) is 0.398. The van der Waals surface area contributed by atoms with Gasteiger partial charge in [-0.05, 0) is 58.0 Å². The molecule has 0 amide bonds. The summed E-state index contributed by atoms with van der Waals surface area (Å²) < 4.78 is 2.30. The van der Waals surface area contributed by atoms with Gasteiger partial charge in [0.05, 0.1) is 5.52 Å². The molecule has 1 nitrogen and oxygen atoms in total. The van der Waals surface area contributed by atoms with Crippen LogP contribution < -0.4 is 0 Å². The fraction of sp³-hybridized carbons (Fsp3) is 0.333. The van der Waals surface area contributed by atoms with Crippen LogP contribution in [-0.4, -0.2) is 4.57 Å². The first-order chi connectivity index (χ1) is 12.0. The Labute approximate surface area is 155 Å². The van der Waals surface area contributed by atoms with Gasteiger partial charge in [0.25, 0.3) is 0 Å². The second-order valence-electron chi connectivity index (χ2n) is 5.73. The van der Waals surface area contributed by atoms with E-state index in [-0.39, 0.29) is 0 Å². The zero-order valence-electron chi connectivity index (χ0n) is 17.4. The van der Waals surface area contributed by atoms with E-state index in [1.807, 2.05) is 41.5 Å². The average Bonchev–Trinajstić information content (AvgIpc) is 2.93. The van der Waals surface area contributed by atoms with Crippen LogP contribution in [0, 0.1) is 13.8 Å². The van der Waals surface area contributed by atoms with Crippen molar-refractivity contribution in [2.45, 2.75) is 55.4 Å². The molecular weight excluding hydrogens is 302 g/mol. The van der Waals surface area contributed by atoms with Crippen molar-refractivity contribution < 1.29 is 0 Å². The van der Waals surface area contributed by atoms with Crippen molar-refractivity contribution in [3.63, 3.8) is 0 Å². The Morgan fingerprint density at radius 3 is 1.84 bits per heavy atom. The lowest BCUT2D eigenvalue weighted by Crippen LogP contribution is -1.95. The Bertz CT molecular complexity index is 744. The number of para-hydroxylation sites is 1. The molecule has 0 N–H and O–H groups in total. The molecule has 1 heteroatoms. The van der Waals surface area contributed by atoms with Crippen molar-refractivity contribution in [1.82, 2.24) is 4.57 Å². The molecule has 2 aromatic carbocycles. The van der Waals surface area contributed by atoms with Crippen LogP contribution in [0.15, 0.2) is 66.7 Å². The van der Waals surface area contributed by atoms with Gasteiger partial charge in [0, 0.05) is 16.8 Å². The van der Waals surface area contributed by atoms with Crippen molar-refractivity contribution in [3.8, 4) is 5.69 Å². The molecule has 3 rings (SSSR count). The maximum absolute atomic E-state index is 3.56. The summed E-state index contributed by atoms with van der Waals surface area (Å²) in [5, 5.41) is 1.31. The van der Waals surface area contributed by atoms with Gasteiger partial charge in [0.2, 0.25) is 0 Å². The van der Waals surface area contributed by atoms with Crippen molar-refractivity contribution >= 4 is 10.9 Å². The highest BCUT2D eigenvalue weighted by molar-refractivity contribution is 5.83. The van der Waals surface area contributed by atoms with E-state index in [2.05, 4.69) is 79.6 Å². The molecule has 0 saturated heterocycles. The normalized spacial score (nSPS) is 8.96. The molecule has 3 aromatic rings. The topological polar surface area (TPSA) is 4.93 Å². The van der Waals surface area contributed by atoms with Gasteiger partial charge in [0.15, 0.2) is 0 Å². The van der Waals surface area contributed by atoms with Crippen molar-refractivity contribution in [3.05, 3.63) is 78.0 Å². The Morgan fingerprint density at radius 1 is 0.800 bits per heavy atom. The number of rotatable bonds is 1. The summed E-state index contributed by atoms with van der Waals surface area (Å²) in [5.74, 6) is 0. The number of nitrogens with zero attached hydrogens (tertiary/aromatic N) is 1. The summed E-state index contributed by atoms with van der Waals surface area (Å²) in [6.07, 6.45) is 0. The largest absolute Gasteiger partial charge is 0.314 e. The molecule has 0 fully saturated rings. The Hall–Kier alpha value is -2.28. The summed E-state index contributed by atoms with van der Waals surface area (Å²) in [5.41, 5.74) is 6.25. The smallest absolute Gasteiger partial charge is 0.0531 e. The monoisotopic (exact) mass is 337 g/mol. The third-order valence-electron chi connectivity index (χ3n) is 3.16. The highest BCUT2D eigenvalue weighted by Gasteiger charge is 2.06. The summed E-state index contributed by atoms with van der Waals surface area (Å²) in [6, 6.07) is 19.3. The molecular formula is C24H35N. The lowest BCUT2D eigenvalue weighted by molar-refractivity contribution is 1.05. The van der Waals surface area contributed by atoms with Crippen LogP contribution in [-0.2, 0) is 0 Å². The summed E-state index contributed by atoms with van der Waals surface area (Å²) in [6.45, 7) is 19.8. The molecule has 136 valence electrons. The van der Waals surface area contributed by atoms with Gasteiger partial charge >= 0.3 is 0 Å². The van der Waals surface area contributed by atoms with E-state index in [4.69, 9.17) is 0 Å². The third kappa shape index (κ3) is 7.01. The first kappa shape index (κ1) is 22.7. The van der Waals surface area contributed by atoms with Gasteiger partial charge in [-0.3, -0.25) is 0 Å². The molecule has 0 atom stereocenters. The van der Waals surface area contributed by atoms with Crippen LogP contribution in [0.4, 0.5) is 0 Å². The van der Waals surface area contributed by atoms with Gasteiger partial charge < -0.3 is 4.57 Å². The van der Waals surface area contributed by atoms with Gasteiger partial charge in [-0.2, -0.15) is 0 Å². The standard InChI is InChI=1S/C16H15N.C4H8.2C2H6/c1-12-8-9-16-14(10-12)11-13(2)17(16)15-6-4-3-5-7-15;1-4(2)3;2*1-2/h3-11H,1-2H3;1H2,2-3H3;2*1-2H3. The van der Waals surface area contributed by atoms with Crippen molar-refractivity contribution in [2.24, 2.45) is 0 Å². The number of fused-ring (bicyclic) bond motifs is 1. The highest BCUT2D eigenvalue weighted by Crippen LogP contribution is 2.24. The minimum absolute atomic E-state index is 1.17. The van der Waals surface area contributed by atoms with E-state index < -0.39 is 0 Å². The molecule has 1 heterocycles. The van der Waals surface area contributed by atoms with Gasteiger partial charge in [-0.1, -0.05) is 63.1 Å². The van der Waals surface area contributed by atoms with Crippen LogP contribution in [0.3, 0.4) is 0 Å². The highest BCUT2D eigenvalue weighted by atomic mass is 15.0. The van der Waals surface area contributed by atoms with Crippen LogP contribution in [0.25, 0.3) is 16.6 Å². The lowest BCUT2D eigenvalue weighted by atomic mass is 10.2. The molecule has 0 aliphatic carbocycles. The fourth-order valence-corrected chi connectivity index (χ4v) is 2.39. The number of benzene rings is 2. The number of aromatic nitrogens is 1. The fourth-order valence-electron chi connectivity index (χ4n) is 2.39. The summed E-state index contributed by atoms with van der Waals surface area (Å²) >= 11 is 0. The summed E-state index contributed by atoms with van der Waals surface area (Å²) in [7, 11) is 0. The number of hydrogen-bond donors (Lipinski definition) is 0. The lowest BCUT2D eigenvalue weighted by Gasteiger charge is -2.08. The predicted octanol–water partition coefficient (Wildman–Crippen LogP) is 7.88. The molecule has 0 aliphatic rings. The molecule has 0 aliphatic heterocycles. The number of aryl methyl sites for hydroxylation is 2. The van der Waals surface area contributed by atoms with Gasteiger partial charge in [-0.25, -0.2) is 0 Å². The van der Waals surface area contributed by atoms with E-state index in [0.717, 1.165) is 0 Å². The van der Waals surface area contributed by atoms with E-state index in [1.165, 1.54) is 33.4 Å². The number of hydrogen-bond acceptors (Lipinski definition) is 0. The number of allylic oxidation sites excluding steroid dienone is 1. The van der Waals surface area contributed by atoms with Crippen molar-refractivity contribution in [2.75, 3.05) is 0 Å². The van der Waals surface area contributed by atoms with Crippen LogP contribution in [0.1, 0.15) is 52.8 Å². The van der Waals surface area contributed by atoms with Gasteiger partial charge in [0.1, 0.15) is 0 Å². The maximum Gasteiger partial charge on any atom is 0.0531 e. The molecule has 0 radical (unpaired) electrons. The SMILES string of the molecule is C=C(C)C.CC.CC.Cc1ccc2c(c1)cc(C)n2-c1ccccc1. The van der Waals surface area contributed by atoms with Crippen molar-refractivity contribution in [1.29, 1.82) is 0 Å². The van der Waals surface area contributed by atoms with E-state index in [0.29, 0.717) is 0 Å². The van der Waals surface area contributed by atoms with E-state index in [9.17, 15) is 0 Å². The first-order valence-electron chi connectivity index (χ1n) is 9.25. The Balaban J connectivity index is 0.000000625. The molecule has 25 heavy (non-hydrogen) atoms. The minimum atomic E-state index is 1.17. The van der Waals surface area contributed by atoms with Crippen LogP contribution in [0.5, 0.6) is 0 Å². The molecule has 0 spiro atoms. The van der Waals surface area contributed by atoms with Gasteiger partial charge in [-0.15, -0.1) is 6.58 Å². The van der Waals surface area contributed by atoms with Crippen LogP contribution >= 0.6 is 0 Å². The first-order valence-corrected chi connectivity index (χ1v) is 9.25. The zero-order valence-corrected chi connectivity index (χ0v) is 17.4. The Kier molecular flexibility index (Phi) is 11.0. The second-order valence-corrected chi connectivity index (χ2v) is 5.73. The molecule has 0 bridgehead atoms. The van der Waals surface area contributed by atoms with E-state index >= 15 is 0 Å². The second kappa shape index (κ2) is 12.1. The maximum atomic E-state index is 3.56. The third-order valence-corrected chi connectivity index (χ3v) is 3.16. The zero-order chi connectivity index (χ0) is 19.4.